The summed E-state index contributed by atoms with van der Waals surface area (Å²) >= 11 is 0. The Bertz CT molecular complexity index is 370. The third kappa shape index (κ3) is 0.659. The molecule has 0 saturated heterocycles. The molecule has 1 aliphatic carbocycles. The fourth-order valence-electron chi connectivity index (χ4n) is 1.27. The van der Waals surface area contributed by atoms with E-state index in [1.807, 2.05) is 0 Å². The molecule has 0 aromatic rings. The highest BCUT2D eigenvalue weighted by atomic mass is 32.2. The SMILES string of the molecule is N=C1CCC(=N)C2=C1S2(=O)=O. The van der Waals surface area contributed by atoms with Gasteiger partial charge in [0.1, 0.15) is 9.81 Å². The van der Waals surface area contributed by atoms with Crippen molar-refractivity contribution >= 4 is 21.3 Å². The zero-order valence-corrected chi connectivity index (χ0v) is 6.46. The maximum Gasteiger partial charge on any atom is 0.212 e. The van der Waals surface area contributed by atoms with Crippen LogP contribution in [0.1, 0.15) is 12.8 Å². The van der Waals surface area contributed by atoms with Crippen molar-refractivity contribution in [2.24, 2.45) is 0 Å². The lowest BCUT2D eigenvalue weighted by Gasteiger charge is -1.98. The molecule has 4 nitrogen and oxygen atoms in total. The number of hydrogen-bond donors (Lipinski definition) is 2. The van der Waals surface area contributed by atoms with E-state index in [-0.39, 0.29) is 21.2 Å². The van der Waals surface area contributed by atoms with Crippen LogP contribution in [0, 0.1) is 10.8 Å². The molecule has 58 valence electrons. The Morgan fingerprint density at radius 1 is 1.00 bits per heavy atom. The van der Waals surface area contributed by atoms with Gasteiger partial charge in [0.2, 0.25) is 9.84 Å². The fraction of sp³-hybridized carbons (Fsp3) is 0.333. The van der Waals surface area contributed by atoms with Gasteiger partial charge < -0.3 is 10.8 Å². The van der Waals surface area contributed by atoms with Crippen LogP contribution in [0.5, 0.6) is 0 Å². The summed E-state index contributed by atoms with van der Waals surface area (Å²) in [5.41, 5.74) is 0.354. The van der Waals surface area contributed by atoms with E-state index in [0.717, 1.165) is 0 Å². The minimum atomic E-state index is -3.25. The molecule has 0 atom stereocenters. The molecular formula is C6H6N2O2S. The molecule has 5 heteroatoms. The predicted octanol–water partition coefficient (Wildman–Crippen LogP) is 0.460. The minimum absolute atomic E-state index is 0.119. The van der Waals surface area contributed by atoms with Gasteiger partial charge in [-0.3, -0.25) is 0 Å². The number of rotatable bonds is 0. The molecule has 2 rings (SSSR count). The lowest BCUT2D eigenvalue weighted by molar-refractivity contribution is 0.616. The highest BCUT2D eigenvalue weighted by Crippen LogP contribution is 2.43. The van der Waals surface area contributed by atoms with E-state index in [2.05, 4.69) is 0 Å². The summed E-state index contributed by atoms with van der Waals surface area (Å²) in [6.45, 7) is 0. The lowest BCUT2D eigenvalue weighted by Crippen LogP contribution is -2.03. The third-order valence-electron chi connectivity index (χ3n) is 1.88. The third-order valence-corrected chi connectivity index (χ3v) is 3.65. The van der Waals surface area contributed by atoms with Gasteiger partial charge in [0.05, 0.1) is 11.4 Å². The molecule has 2 aliphatic rings. The molecule has 0 aromatic carbocycles. The van der Waals surface area contributed by atoms with Crippen LogP contribution in [0.2, 0.25) is 0 Å². The Morgan fingerprint density at radius 3 is 1.73 bits per heavy atom. The van der Waals surface area contributed by atoms with Gasteiger partial charge in [-0.2, -0.15) is 0 Å². The first-order chi connectivity index (χ1) is 5.05. The quantitative estimate of drug-likeness (QED) is 0.553. The Labute approximate surface area is 63.9 Å². The van der Waals surface area contributed by atoms with Crippen molar-refractivity contribution in [3.05, 3.63) is 9.81 Å². The second kappa shape index (κ2) is 1.61. The molecule has 0 unspecified atom stereocenters. The molecule has 0 aromatic heterocycles. The molecular weight excluding hydrogens is 164 g/mol. The van der Waals surface area contributed by atoms with Gasteiger partial charge in [0.15, 0.2) is 0 Å². The summed E-state index contributed by atoms with van der Waals surface area (Å²) in [5.74, 6) is 0. The van der Waals surface area contributed by atoms with Crippen molar-refractivity contribution in [1.29, 1.82) is 10.8 Å². The molecule has 1 aliphatic heterocycles. The van der Waals surface area contributed by atoms with Crippen LogP contribution < -0.4 is 0 Å². The fourth-order valence-corrected chi connectivity index (χ4v) is 2.96. The first kappa shape index (κ1) is 6.72. The Kier molecular flexibility index (Phi) is 0.983. The van der Waals surface area contributed by atoms with Crippen molar-refractivity contribution in [2.75, 3.05) is 0 Å². The first-order valence-electron chi connectivity index (χ1n) is 3.20. The summed E-state index contributed by atoms with van der Waals surface area (Å²) in [4.78, 5) is 0.238. The molecule has 0 spiro atoms. The van der Waals surface area contributed by atoms with Gasteiger partial charge in [-0.05, 0) is 12.8 Å². The maximum absolute atomic E-state index is 11.0. The molecule has 0 bridgehead atoms. The summed E-state index contributed by atoms with van der Waals surface area (Å²) in [6.07, 6.45) is 0.799. The second-order valence-corrected chi connectivity index (χ2v) is 4.44. The first-order valence-corrected chi connectivity index (χ1v) is 4.68. The Morgan fingerprint density at radius 2 is 1.36 bits per heavy atom. The van der Waals surface area contributed by atoms with E-state index < -0.39 is 9.84 Å². The molecule has 1 heterocycles. The van der Waals surface area contributed by atoms with Crippen molar-refractivity contribution in [3.63, 3.8) is 0 Å². The van der Waals surface area contributed by atoms with Crippen LogP contribution >= 0.6 is 0 Å². The highest BCUT2D eigenvalue weighted by Gasteiger charge is 2.50. The van der Waals surface area contributed by atoms with Crippen LogP contribution in [0.3, 0.4) is 0 Å². The number of nitrogens with one attached hydrogen (secondary N) is 2. The van der Waals surface area contributed by atoms with E-state index >= 15 is 0 Å². The number of hydrogen-bond acceptors (Lipinski definition) is 4. The maximum atomic E-state index is 11.0. The Balaban J connectivity index is 2.59. The van der Waals surface area contributed by atoms with Crippen LogP contribution in [-0.2, 0) is 9.84 Å². The summed E-state index contributed by atoms with van der Waals surface area (Å²) < 4.78 is 21.9. The smallest absolute Gasteiger partial charge is 0.212 e. The van der Waals surface area contributed by atoms with E-state index in [1.54, 1.807) is 0 Å². The van der Waals surface area contributed by atoms with Gasteiger partial charge in [0.25, 0.3) is 0 Å². The van der Waals surface area contributed by atoms with Crippen molar-refractivity contribution in [3.8, 4) is 0 Å². The molecule has 11 heavy (non-hydrogen) atoms. The van der Waals surface area contributed by atoms with Gasteiger partial charge in [0, 0.05) is 0 Å². The second-order valence-electron chi connectivity index (χ2n) is 2.62. The summed E-state index contributed by atoms with van der Waals surface area (Å²) in [5, 5.41) is 14.5. The van der Waals surface area contributed by atoms with Crippen LogP contribution in [-0.4, -0.2) is 19.8 Å². The van der Waals surface area contributed by atoms with Crippen LogP contribution in [0.15, 0.2) is 9.81 Å². The largest absolute Gasteiger partial charge is 0.304 e. The molecule has 0 radical (unpaired) electrons. The lowest BCUT2D eigenvalue weighted by atomic mass is 10.0. The average molecular weight is 170 g/mol. The van der Waals surface area contributed by atoms with Gasteiger partial charge in [-0.15, -0.1) is 0 Å². The summed E-state index contributed by atoms with van der Waals surface area (Å²) in [6, 6.07) is 0. The van der Waals surface area contributed by atoms with Crippen LogP contribution in [0.25, 0.3) is 0 Å². The van der Waals surface area contributed by atoms with E-state index in [0.29, 0.717) is 12.8 Å². The van der Waals surface area contributed by atoms with E-state index in [4.69, 9.17) is 10.8 Å². The van der Waals surface area contributed by atoms with E-state index in [9.17, 15) is 8.42 Å². The highest BCUT2D eigenvalue weighted by molar-refractivity contribution is 8.08. The van der Waals surface area contributed by atoms with Crippen LogP contribution in [0.4, 0.5) is 0 Å². The van der Waals surface area contributed by atoms with E-state index in [1.165, 1.54) is 0 Å². The average Bonchev–Trinajstić information content (AvgIpc) is 2.47. The van der Waals surface area contributed by atoms with Gasteiger partial charge >= 0.3 is 0 Å². The van der Waals surface area contributed by atoms with Crippen molar-refractivity contribution in [1.82, 2.24) is 0 Å². The molecule has 0 saturated carbocycles. The zero-order chi connectivity index (χ0) is 8.22. The Hall–Kier alpha value is -0.970. The number of sulfone groups is 1. The topological polar surface area (TPSA) is 81.8 Å². The number of allylic oxidation sites excluding steroid dienone is 2. The molecule has 0 fully saturated rings. The minimum Gasteiger partial charge on any atom is -0.304 e. The predicted molar refractivity (Wildman–Crippen MR) is 40.6 cm³/mol. The zero-order valence-electron chi connectivity index (χ0n) is 5.64. The van der Waals surface area contributed by atoms with Gasteiger partial charge in [-0.25, -0.2) is 8.42 Å². The monoisotopic (exact) mass is 170 g/mol. The van der Waals surface area contributed by atoms with Crippen molar-refractivity contribution < 1.29 is 8.42 Å². The van der Waals surface area contributed by atoms with Gasteiger partial charge in [-0.1, -0.05) is 0 Å². The standard InChI is InChI=1S/C6H6N2O2S/c7-3-1-2-4(8)6-5(3)11(6,9)10/h7-8H,1-2H2. The molecule has 0 amide bonds. The normalized spacial score (nSPS) is 26.9. The molecule has 2 N–H and O–H groups in total. The summed E-state index contributed by atoms with van der Waals surface area (Å²) in [7, 11) is -3.25. The van der Waals surface area contributed by atoms with Crippen molar-refractivity contribution in [2.45, 2.75) is 12.8 Å².